The number of hydrogen-bond donors (Lipinski definition) is 1. The number of methoxy groups -OCH3 is 2. The van der Waals surface area contributed by atoms with Crippen molar-refractivity contribution >= 4 is 5.78 Å². The summed E-state index contributed by atoms with van der Waals surface area (Å²) in [5, 5.41) is 10.8. The van der Waals surface area contributed by atoms with Crippen LogP contribution < -0.4 is 0 Å². The Kier molecular flexibility index (Phi) is 4.20. The maximum absolute atomic E-state index is 13.2. The molecule has 1 saturated carbocycles. The fourth-order valence-electron chi connectivity index (χ4n) is 6.50. The summed E-state index contributed by atoms with van der Waals surface area (Å²) < 4.78 is 18.5. The third-order valence-electron chi connectivity index (χ3n) is 7.56. The van der Waals surface area contributed by atoms with Crippen molar-refractivity contribution in [2.75, 3.05) is 14.2 Å². The molecular formula is C22H32O5. The molecule has 0 amide bonds. The van der Waals surface area contributed by atoms with Gasteiger partial charge in [-0.1, -0.05) is 34.1 Å². The highest BCUT2D eigenvalue weighted by molar-refractivity contribution is 6.10. The third kappa shape index (κ3) is 2.31. The van der Waals surface area contributed by atoms with Gasteiger partial charge >= 0.3 is 0 Å². The Balaban J connectivity index is 1.89. The van der Waals surface area contributed by atoms with Crippen LogP contribution >= 0.6 is 0 Å². The van der Waals surface area contributed by atoms with E-state index in [9.17, 15) is 9.90 Å². The van der Waals surface area contributed by atoms with E-state index in [1.807, 2.05) is 13.8 Å². The van der Waals surface area contributed by atoms with Crippen LogP contribution in [0.4, 0.5) is 0 Å². The monoisotopic (exact) mass is 376 g/mol. The van der Waals surface area contributed by atoms with Crippen molar-refractivity contribution in [3.8, 4) is 0 Å². The molecule has 0 aromatic heterocycles. The van der Waals surface area contributed by atoms with Gasteiger partial charge in [-0.15, -0.1) is 0 Å². The first-order chi connectivity index (χ1) is 12.6. The van der Waals surface area contributed by atoms with Crippen LogP contribution in [0.1, 0.15) is 59.8 Å². The zero-order valence-electron chi connectivity index (χ0n) is 17.3. The molecule has 1 N–H and O–H groups in total. The van der Waals surface area contributed by atoms with Gasteiger partial charge in [-0.05, 0) is 36.5 Å². The van der Waals surface area contributed by atoms with Gasteiger partial charge in [0.1, 0.15) is 0 Å². The van der Waals surface area contributed by atoms with E-state index in [4.69, 9.17) is 14.2 Å². The number of allylic oxidation sites excluding steroid dienone is 1. The summed E-state index contributed by atoms with van der Waals surface area (Å²) in [6.07, 6.45) is 4.45. The van der Waals surface area contributed by atoms with E-state index in [1.54, 1.807) is 14.2 Å². The number of Topliss-reactive ketones (excluding diaryl/α,β-unsaturated/α-hetero) is 1. The summed E-state index contributed by atoms with van der Waals surface area (Å²) in [7, 11) is 3.16. The average Bonchev–Trinajstić information content (AvgIpc) is 2.92. The van der Waals surface area contributed by atoms with Gasteiger partial charge in [0.25, 0.3) is 0 Å². The lowest BCUT2D eigenvalue weighted by Gasteiger charge is -2.50. The topological polar surface area (TPSA) is 65.0 Å². The first-order valence-electron chi connectivity index (χ1n) is 10.1. The third-order valence-corrected chi connectivity index (χ3v) is 7.56. The van der Waals surface area contributed by atoms with Gasteiger partial charge in [0, 0.05) is 37.4 Å². The van der Waals surface area contributed by atoms with Gasteiger partial charge in [0.2, 0.25) is 11.6 Å². The van der Waals surface area contributed by atoms with Gasteiger partial charge in [0.15, 0.2) is 5.76 Å². The normalized spacial score (nSPS) is 36.9. The van der Waals surface area contributed by atoms with Crippen LogP contribution in [0.5, 0.6) is 0 Å². The molecule has 0 aromatic carbocycles. The van der Waals surface area contributed by atoms with Gasteiger partial charge in [-0.25, -0.2) is 0 Å². The second-order valence-electron chi connectivity index (χ2n) is 9.64. The van der Waals surface area contributed by atoms with E-state index in [2.05, 4.69) is 13.8 Å². The van der Waals surface area contributed by atoms with Crippen LogP contribution in [-0.4, -0.2) is 42.6 Å². The standard InChI is InChI=1S/C22H32O5/c1-12(2)16-19(24)18(23)13-11-21-9-7-8-20(3,4)15(21)10-14(27-21)17(13)22(16,25-5)26-6/h12,14-15,24H,7-11H2,1-6H3/t14-,15-,21-/m0/s1. The van der Waals surface area contributed by atoms with Crippen LogP contribution in [0.2, 0.25) is 0 Å². The minimum Gasteiger partial charge on any atom is -0.504 e. The zero-order valence-corrected chi connectivity index (χ0v) is 17.3. The Bertz CT molecular complexity index is 740. The Hall–Kier alpha value is -1.17. The molecule has 2 heterocycles. The van der Waals surface area contributed by atoms with E-state index >= 15 is 0 Å². The van der Waals surface area contributed by atoms with Gasteiger partial charge in [-0.2, -0.15) is 0 Å². The molecule has 5 heteroatoms. The average molecular weight is 376 g/mol. The van der Waals surface area contributed by atoms with Crippen molar-refractivity contribution in [2.24, 2.45) is 17.3 Å². The molecule has 1 saturated heterocycles. The van der Waals surface area contributed by atoms with E-state index in [0.717, 1.165) is 24.8 Å². The lowest BCUT2D eigenvalue weighted by molar-refractivity contribution is -0.183. The fourth-order valence-corrected chi connectivity index (χ4v) is 6.50. The smallest absolute Gasteiger partial charge is 0.223 e. The number of ether oxygens (including phenoxy) is 3. The predicted molar refractivity (Wildman–Crippen MR) is 101 cm³/mol. The van der Waals surface area contributed by atoms with E-state index in [1.165, 1.54) is 6.42 Å². The molecule has 2 aliphatic heterocycles. The summed E-state index contributed by atoms with van der Waals surface area (Å²) >= 11 is 0. The van der Waals surface area contributed by atoms with Crippen molar-refractivity contribution in [1.29, 1.82) is 0 Å². The highest BCUT2D eigenvalue weighted by atomic mass is 16.7. The minimum atomic E-state index is -1.23. The molecule has 27 heavy (non-hydrogen) atoms. The highest BCUT2D eigenvalue weighted by Crippen LogP contribution is 2.63. The van der Waals surface area contributed by atoms with E-state index in [0.29, 0.717) is 23.5 Å². The number of aliphatic hydroxyl groups is 1. The number of fused-ring (bicyclic) bond motifs is 2. The van der Waals surface area contributed by atoms with Crippen molar-refractivity contribution in [1.82, 2.24) is 0 Å². The Labute approximate surface area is 161 Å². The number of carbonyl (C=O) groups is 1. The molecule has 5 nitrogen and oxygen atoms in total. The molecule has 2 bridgehead atoms. The summed E-state index contributed by atoms with van der Waals surface area (Å²) in [5.41, 5.74) is 1.81. The van der Waals surface area contributed by atoms with Gasteiger partial charge in [0.05, 0.1) is 11.7 Å². The molecule has 0 radical (unpaired) electrons. The summed E-state index contributed by atoms with van der Waals surface area (Å²) in [5.74, 6) is -1.42. The van der Waals surface area contributed by atoms with Crippen molar-refractivity contribution in [3.63, 3.8) is 0 Å². The zero-order chi connectivity index (χ0) is 19.8. The minimum absolute atomic E-state index is 0.0982. The van der Waals surface area contributed by atoms with Crippen LogP contribution in [0.3, 0.4) is 0 Å². The largest absolute Gasteiger partial charge is 0.504 e. The van der Waals surface area contributed by atoms with E-state index < -0.39 is 5.79 Å². The molecule has 0 unspecified atom stereocenters. The molecule has 2 aliphatic carbocycles. The van der Waals surface area contributed by atoms with Crippen LogP contribution in [-0.2, 0) is 19.0 Å². The van der Waals surface area contributed by atoms with Crippen molar-refractivity contribution < 1.29 is 24.1 Å². The molecule has 0 aromatic rings. The first-order valence-corrected chi connectivity index (χ1v) is 10.1. The lowest BCUT2D eigenvalue weighted by atomic mass is 9.60. The summed E-state index contributed by atoms with van der Waals surface area (Å²) in [6, 6.07) is 0. The predicted octanol–water partition coefficient (Wildman–Crippen LogP) is 4.08. The maximum Gasteiger partial charge on any atom is 0.223 e. The molecule has 1 spiro atoms. The van der Waals surface area contributed by atoms with Crippen LogP contribution in [0.15, 0.2) is 22.5 Å². The molecular weight excluding hydrogens is 344 g/mol. The van der Waals surface area contributed by atoms with Gasteiger partial charge < -0.3 is 19.3 Å². The molecule has 3 atom stereocenters. The van der Waals surface area contributed by atoms with E-state index in [-0.39, 0.29) is 34.6 Å². The molecule has 4 rings (SSSR count). The Morgan fingerprint density at radius 2 is 1.85 bits per heavy atom. The first kappa shape index (κ1) is 19.2. The van der Waals surface area contributed by atoms with Gasteiger partial charge in [-0.3, -0.25) is 4.79 Å². The Morgan fingerprint density at radius 3 is 2.44 bits per heavy atom. The number of rotatable bonds is 3. The number of carbonyl (C=O) groups excluding carboxylic acids is 1. The molecule has 2 fully saturated rings. The SMILES string of the molecule is COC1(OC)C(C(C)C)=C(O)C(=O)C2=C1[C@@H]1C[C@H]3C(C)(C)CCC[C@@]3(C2)O1. The summed E-state index contributed by atoms with van der Waals surface area (Å²) in [4.78, 5) is 13.2. The highest BCUT2D eigenvalue weighted by Gasteiger charge is 2.65. The maximum atomic E-state index is 13.2. The fraction of sp³-hybridized carbons (Fsp3) is 0.773. The number of ketones is 1. The van der Waals surface area contributed by atoms with Crippen molar-refractivity contribution in [3.05, 3.63) is 22.5 Å². The van der Waals surface area contributed by atoms with Crippen LogP contribution in [0.25, 0.3) is 0 Å². The number of hydrogen-bond acceptors (Lipinski definition) is 5. The number of aliphatic hydroxyl groups excluding tert-OH is 1. The van der Waals surface area contributed by atoms with Crippen LogP contribution in [0, 0.1) is 17.3 Å². The quantitative estimate of drug-likeness (QED) is 0.752. The molecule has 150 valence electrons. The van der Waals surface area contributed by atoms with Crippen molar-refractivity contribution in [2.45, 2.75) is 77.3 Å². The lowest BCUT2D eigenvalue weighted by Crippen LogP contribution is -2.53. The Morgan fingerprint density at radius 1 is 1.19 bits per heavy atom. The summed E-state index contributed by atoms with van der Waals surface area (Å²) in [6.45, 7) is 8.52. The second kappa shape index (κ2) is 5.91. The second-order valence-corrected chi connectivity index (χ2v) is 9.64. The molecule has 4 aliphatic rings.